The van der Waals surface area contributed by atoms with Crippen LogP contribution in [-0.4, -0.2) is 6.54 Å². The van der Waals surface area contributed by atoms with Gasteiger partial charge >= 0.3 is 0 Å². The summed E-state index contributed by atoms with van der Waals surface area (Å²) in [4.78, 5) is 0. The summed E-state index contributed by atoms with van der Waals surface area (Å²) in [6.07, 6.45) is 0.747. The Bertz CT molecular complexity index is 625. The van der Waals surface area contributed by atoms with E-state index >= 15 is 0 Å². The number of halogens is 2. The molecular formula is C18H21ClFN. The highest BCUT2D eigenvalue weighted by atomic mass is 35.5. The minimum absolute atomic E-state index is 0.179. The molecule has 0 saturated heterocycles. The Morgan fingerprint density at radius 2 is 1.90 bits per heavy atom. The Hall–Kier alpha value is -1.38. The van der Waals surface area contributed by atoms with Gasteiger partial charge in [0, 0.05) is 11.1 Å². The van der Waals surface area contributed by atoms with Gasteiger partial charge < -0.3 is 5.32 Å². The Kier molecular flexibility index (Phi) is 5.38. The number of benzene rings is 2. The van der Waals surface area contributed by atoms with Gasteiger partial charge in [-0.05, 0) is 55.6 Å². The van der Waals surface area contributed by atoms with E-state index in [4.69, 9.17) is 11.6 Å². The van der Waals surface area contributed by atoms with Gasteiger partial charge in [-0.3, -0.25) is 0 Å². The third kappa shape index (κ3) is 4.05. The summed E-state index contributed by atoms with van der Waals surface area (Å²) < 4.78 is 13.2. The van der Waals surface area contributed by atoms with E-state index in [2.05, 4.69) is 44.3 Å². The van der Waals surface area contributed by atoms with E-state index in [0.29, 0.717) is 5.02 Å². The molecule has 0 fully saturated rings. The van der Waals surface area contributed by atoms with Gasteiger partial charge in [-0.25, -0.2) is 4.39 Å². The van der Waals surface area contributed by atoms with Crippen LogP contribution >= 0.6 is 11.6 Å². The molecule has 1 nitrogen and oxygen atoms in total. The summed E-state index contributed by atoms with van der Waals surface area (Å²) >= 11 is 6.16. The van der Waals surface area contributed by atoms with Crippen molar-refractivity contribution in [1.82, 2.24) is 5.32 Å². The second-order valence-corrected chi connectivity index (χ2v) is 5.82. The predicted molar refractivity (Wildman–Crippen MR) is 87.4 cm³/mol. The quantitative estimate of drug-likeness (QED) is 0.820. The Labute approximate surface area is 131 Å². The average Bonchev–Trinajstić information content (AvgIpc) is 2.44. The van der Waals surface area contributed by atoms with Crippen molar-refractivity contribution >= 4 is 11.6 Å². The largest absolute Gasteiger partial charge is 0.310 e. The van der Waals surface area contributed by atoms with Gasteiger partial charge in [0.05, 0.1) is 0 Å². The minimum Gasteiger partial charge on any atom is -0.310 e. The molecule has 0 aliphatic rings. The van der Waals surface area contributed by atoms with E-state index in [-0.39, 0.29) is 11.9 Å². The summed E-state index contributed by atoms with van der Waals surface area (Å²) in [5.41, 5.74) is 4.73. The lowest BCUT2D eigenvalue weighted by Gasteiger charge is -2.21. The Morgan fingerprint density at radius 3 is 2.57 bits per heavy atom. The lowest BCUT2D eigenvalue weighted by Crippen LogP contribution is -2.24. The zero-order chi connectivity index (χ0) is 15.4. The van der Waals surface area contributed by atoms with Crippen LogP contribution in [0.4, 0.5) is 4.39 Å². The monoisotopic (exact) mass is 305 g/mol. The van der Waals surface area contributed by atoms with Crippen LogP contribution in [0, 0.1) is 19.7 Å². The van der Waals surface area contributed by atoms with E-state index in [1.807, 2.05) is 0 Å². The second kappa shape index (κ2) is 7.06. The Morgan fingerprint density at radius 1 is 1.14 bits per heavy atom. The lowest BCUT2D eigenvalue weighted by atomic mass is 9.94. The molecule has 1 unspecified atom stereocenters. The summed E-state index contributed by atoms with van der Waals surface area (Å²) in [6.45, 7) is 7.17. The number of aryl methyl sites for hydroxylation is 2. The van der Waals surface area contributed by atoms with E-state index in [1.165, 1.54) is 28.8 Å². The number of hydrogen-bond donors (Lipinski definition) is 1. The summed E-state index contributed by atoms with van der Waals surface area (Å²) in [6, 6.07) is 11.3. The number of nitrogens with one attached hydrogen (secondary N) is 1. The van der Waals surface area contributed by atoms with Gasteiger partial charge in [-0.1, -0.05) is 48.4 Å². The molecule has 0 aliphatic heterocycles. The van der Waals surface area contributed by atoms with Crippen molar-refractivity contribution in [1.29, 1.82) is 0 Å². The maximum atomic E-state index is 13.2. The first-order valence-electron chi connectivity index (χ1n) is 7.25. The van der Waals surface area contributed by atoms with E-state index < -0.39 is 0 Å². The summed E-state index contributed by atoms with van der Waals surface area (Å²) in [5, 5.41) is 3.99. The molecule has 0 aromatic heterocycles. The van der Waals surface area contributed by atoms with Crippen LogP contribution in [0.5, 0.6) is 0 Å². The minimum atomic E-state index is -0.296. The van der Waals surface area contributed by atoms with Crippen molar-refractivity contribution in [2.75, 3.05) is 6.54 Å². The van der Waals surface area contributed by atoms with E-state index in [1.54, 1.807) is 6.07 Å². The van der Waals surface area contributed by atoms with Crippen molar-refractivity contribution in [2.45, 2.75) is 33.2 Å². The molecular weight excluding hydrogens is 285 g/mol. The van der Waals surface area contributed by atoms with Crippen molar-refractivity contribution in [2.24, 2.45) is 0 Å². The summed E-state index contributed by atoms with van der Waals surface area (Å²) in [5.74, 6) is -0.296. The van der Waals surface area contributed by atoms with Gasteiger partial charge in [-0.2, -0.15) is 0 Å². The molecule has 0 radical (unpaired) electrons. The second-order valence-electron chi connectivity index (χ2n) is 5.41. The van der Waals surface area contributed by atoms with E-state index in [9.17, 15) is 4.39 Å². The number of hydrogen-bond acceptors (Lipinski definition) is 1. The molecule has 0 spiro atoms. The normalized spacial score (nSPS) is 12.4. The van der Waals surface area contributed by atoms with Crippen molar-refractivity contribution < 1.29 is 4.39 Å². The van der Waals surface area contributed by atoms with Crippen LogP contribution in [-0.2, 0) is 6.42 Å². The van der Waals surface area contributed by atoms with Crippen LogP contribution in [0.3, 0.4) is 0 Å². The highest BCUT2D eigenvalue weighted by Gasteiger charge is 2.15. The first-order valence-corrected chi connectivity index (χ1v) is 7.63. The maximum Gasteiger partial charge on any atom is 0.124 e. The molecule has 0 heterocycles. The SMILES string of the molecule is CCNC(Cc1ccc(F)cc1Cl)c1cc(C)ccc1C. The molecule has 2 rings (SSSR count). The van der Waals surface area contributed by atoms with Crippen molar-refractivity contribution in [3.05, 3.63) is 69.5 Å². The van der Waals surface area contributed by atoms with Crippen LogP contribution in [0.25, 0.3) is 0 Å². The van der Waals surface area contributed by atoms with Crippen molar-refractivity contribution in [3.63, 3.8) is 0 Å². The number of likely N-dealkylation sites (N-methyl/N-ethyl adjacent to an activating group) is 1. The lowest BCUT2D eigenvalue weighted by molar-refractivity contribution is 0.546. The molecule has 21 heavy (non-hydrogen) atoms. The molecule has 2 aromatic rings. The third-order valence-electron chi connectivity index (χ3n) is 3.70. The first-order chi connectivity index (χ1) is 10.0. The number of rotatable bonds is 5. The fourth-order valence-electron chi connectivity index (χ4n) is 2.58. The highest BCUT2D eigenvalue weighted by Crippen LogP contribution is 2.26. The van der Waals surface area contributed by atoms with E-state index in [0.717, 1.165) is 18.5 Å². The van der Waals surface area contributed by atoms with Crippen LogP contribution in [0.15, 0.2) is 36.4 Å². The molecule has 2 aromatic carbocycles. The van der Waals surface area contributed by atoms with Gasteiger partial charge in [0.2, 0.25) is 0 Å². The molecule has 1 atom stereocenters. The zero-order valence-corrected chi connectivity index (χ0v) is 13.5. The zero-order valence-electron chi connectivity index (χ0n) is 12.7. The third-order valence-corrected chi connectivity index (χ3v) is 4.05. The fraction of sp³-hybridized carbons (Fsp3) is 0.333. The fourth-order valence-corrected chi connectivity index (χ4v) is 2.83. The van der Waals surface area contributed by atoms with Gasteiger partial charge in [0.25, 0.3) is 0 Å². The molecule has 112 valence electrons. The molecule has 1 N–H and O–H groups in total. The first kappa shape index (κ1) is 16.0. The Balaban J connectivity index is 2.32. The molecule has 0 saturated carbocycles. The predicted octanol–water partition coefficient (Wildman–Crippen LogP) is 4.99. The topological polar surface area (TPSA) is 12.0 Å². The smallest absolute Gasteiger partial charge is 0.124 e. The molecule has 0 bridgehead atoms. The molecule has 0 aliphatic carbocycles. The summed E-state index contributed by atoms with van der Waals surface area (Å²) in [7, 11) is 0. The van der Waals surface area contributed by atoms with Crippen LogP contribution in [0.1, 0.15) is 35.2 Å². The highest BCUT2D eigenvalue weighted by molar-refractivity contribution is 6.31. The molecule has 0 amide bonds. The van der Waals surface area contributed by atoms with Crippen LogP contribution in [0.2, 0.25) is 5.02 Å². The maximum absolute atomic E-state index is 13.2. The van der Waals surface area contributed by atoms with Gasteiger partial charge in [0.1, 0.15) is 5.82 Å². The standard InChI is InChI=1S/C18H21ClFN/c1-4-21-18(16-9-12(2)5-6-13(16)3)10-14-7-8-15(20)11-17(14)19/h5-9,11,18,21H,4,10H2,1-3H3. The molecule has 3 heteroatoms. The van der Waals surface area contributed by atoms with Gasteiger partial charge in [0.15, 0.2) is 0 Å². The van der Waals surface area contributed by atoms with Crippen LogP contribution < -0.4 is 5.32 Å². The van der Waals surface area contributed by atoms with Gasteiger partial charge in [-0.15, -0.1) is 0 Å². The average molecular weight is 306 g/mol. The van der Waals surface area contributed by atoms with Crippen molar-refractivity contribution in [3.8, 4) is 0 Å².